The molecule has 1 amide bonds. The second kappa shape index (κ2) is 8.11. The van der Waals surface area contributed by atoms with E-state index in [1.165, 1.54) is 47.9 Å². The van der Waals surface area contributed by atoms with E-state index < -0.39 is 18.0 Å². The highest BCUT2D eigenvalue weighted by Gasteiger charge is 2.30. The minimum Gasteiger partial charge on any atom is -0.508 e. The molecule has 0 bridgehead atoms. The average molecular weight is 447 g/mol. The number of nitrogens with zero attached hydrogens (tertiary/aromatic N) is 2. The molecule has 0 aliphatic rings. The van der Waals surface area contributed by atoms with Gasteiger partial charge >= 0.3 is 6.36 Å². The number of hydrogen-bond donors (Lipinski definition) is 2. The Morgan fingerprint density at radius 1 is 1.16 bits per heavy atom. The number of halogens is 3. The van der Waals surface area contributed by atoms with E-state index in [0.29, 0.717) is 10.5 Å². The number of benzene rings is 2. The highest BCUT2D eigenvalue weighted by atomic mass is 32.1. The van der Waals surface area contributed by atoms with Gasteiger partial charge in [0.05, 0.1) is 5.69 Å². The van der Waals surface area contributed by atoms with Gasteiger partial charge in [-0.25, -0.2) is 9.98 Å². The number of amides is 1. The predicted molar refractivity (Wildman–Crippen MR) is 106 cm³/mol. The molecule has 2 aromatic carbocycles. The fourth-order valence-corrected chi connectivity index (χ4v) is 3.17. The Hall–Kier alpha value is -3.86. The van der Waals surface area contributed by atoms with Crippen molar-refractivity contribution in [2.45, 2.75) is 6.36 Å². The molecule has 0 spiro atoms. The third-order valence-corrected chi connectivity index (χ3v) is 4.62. The monoisotopic (exact) mass is 447 g/mol. The molecule has 0 saturated heterocycles. The summed E-state index contributed by atoms with van der Waals surface area (Å²) in [6.07, 6.45) is -3.28. The maximum absolute atomic E-state index is 12.8. The number of phenolic OH excluding ortho intramolecular Hbond substituents is 1. The summed E-state index contributed by atoms with van der Waals surface area (Å²) in [5.74, 6) is -0.992. The highest BCUT2D eigenvalue weighted by molar-refractivity contribution is 7.13. The number of fused-ring (bicyclic) bond motifs is 1. The van der Waals surface area contributed by atoms with E-state index in [2.05, 4.69) is 20.0 Å². The summed E-state index contributed by atoms with van der Waals surface area (Å²) in [6, 6.07) is 10.6. The number of hydrogen-bond acceptors (Lipinski definition) is 7. The lowest BCUT2D eigenvalue weighted by molar-refractivity contribution is -0.274. The Morgan fingerprint density at radius 2 is 1.94 bits per heavy atom. The Balaban J connectivity index is 1.77. The SMILES string of the molecule is O=C(Nc1nccs1)c1cc2ccc(O)cc2oc1=Nc1ccc(OC(F)(F)F)cc1. The van der Waals surface area contributed by atoms with Crippen molar-refractivity contribution in [1.29, 1.82) is 0 Å². The largest absolute Gasteiger partial charge is 0.573 e. The molecule has 7 nitrogen and oxygen atoms in total. The Bertz CT molecular complexity index is 1300. The van der Waals surface area contributed by atoms with E-state index in [0.717, 1.165) is 12.1 Å². The van der Waals surface area contributed by atoms with Gasteiger partial charge in [-0.2, -0.15) is 0 Å². The van der Waals surface area contributed by atoms with Crippen molar-refractivity contribution in [3.8, 4) is 11.5 Å². The van der Waals surface area contributed by atoms with Crippen LogP contribution in [0.2, 0.25) is 0 Å². The molecule has 2 heterocycles. The van der Waals surface area contributed by atoms with E-state index in [4.69, 9.17) is 4.42 Å². The molecule has 4 rings (SSSR count). The van der Waals surface area contributed by atoms with Crippen LogP contribution in [-0.2, 0) is 0 Å². The van der Waals surface area contributed by atoms with Gasteiger partial charge in [-0.15, -0.1) is 24.5 Å². The molecule has 0 radical (unpaired) electrons. The molecule has 0 saturated carbocycles. The molecule has 0 aliphatic heterocycles. The van der Waals surface area contributed by atoms with Crippen molar-refractivity contribution in [3.63, 3.8) is 0 Å². The summed E-state index contributed by atoms with van der Waals surface area (Å²) in [5.41, 5.74) is 0.461. The van der Waals surface area contributed by atoms with Gasteiger partial charge in [0.2, 0.25) is 5.55 Å². The van der Waals surface area contributed by atoms with Crippen LogP contribution in [0.3, 0.4) is 0 Å². The van der Waals surface area contributed by atoms with Crippen LogP contribution < -0.4 is 15.6 Å². The fraction of sp³-hybridized carbons (Fsp3) is 0.0500. The number of ether oxygens (including phenoxy) is 1. The normalized spacial score (nSPS) is 12.2. The third-order valence-electron chi connectivity index (χ3n) is 3.93. The summed E-state index contributed by atoms with van der Waals surface area (Å²) in [4.78, 5) is 21.0. The second-order valence-electron chi connectivity index (χ2n) is 6.13. The summed E-state index contributed by atoms with van der Waals surface area (Å²) in [7, 11) is 0. The van der Waals surface area contributed by atoms with Crippen LogP contribution in [0.25, 0.3) is 11.0 Å². The first-order valence-corrected chi connectivity index (χ1v) is 9.53. The van der Waals surface area contributed by atoms with Crippen LogP contribution in [0, 0.1) is 0 Å². The van der Waals surface area contributed by atoms with Crippen molar-refractivity contribution in [2.75, 3.05) is 5.32 Å². The lowest BCUT2D eigenvalue weighted by atomic mass is 10.1. The Morgan fingerprint density at radius 3 is 2.61 bits per heavy atom. The number of aromatic hydroxyl groups is 1. The highest BCUT2D eigenvalue weighted by Crippen LogP contribution is 2.25. The maximum atomic E-state index is 12.8. The second-order valence-corrected chi connectivity index (χ2v) is 7.03. The lowest BCUT2D eigenvalue weighted by Crippen LogP contribution is -2.21. The predicted octanol–water partition coefficient (Wildman–Crippen LogP) is 4.98. The van der Waals surface area contributed by atoms with Gasteiger partial charge in [0.25, 0.3) is 5.91 Å². The summed E-state index contributed by atoms with van der Waals surface area (Å²) in [6.45, 7) is 0. The molecule has 0 unspecified atom stereocenters. The number of thiazole rings is 1. The van der Waals surface area contributed by atoms with Crippen LogP contribution in [0.15, 0.2) is 69.5 Å². The first-order chi connectivity index (χ1) is 14.8. The average Bonchev–Trinajstić information content (AvgIpc) is 3.20. The molecule has 0 aliphatic carbocycles. The van der Waals surface area contributed by atoms with Crippen molar-refractivity contribution in [2.24, 2.45) is 4.99 Å². The molecule has 4 aromatic rings. The zero-order valence-electron chi connectivity index (χ0n) is 15.4. The van der Waals surface area contributed by atoms with Crippen molar-refractivity contribution >= 4 is 39.0 Å². The zero-order chi connectivity index (χ0) is 22.0. The summed E-state index contributed by atoms with van der Waals surface area (Å²) in [5, 5.41) is 14.9. The first-order valence-electron chi connectivity index (χ1n) is 8.65. The van der Waals surface area contributed by atoms with E-state index >= 15 is 0 Å². The van der Waals surface area contributed by atoms with Gasteiger partial charge in [-0.3, -0.25) is 10.1 Å². The van der Waals surface area contributed by atoms with Crippen molar-refractivity contribution in [3.05, 3.63) is 71.2 Å². The zero-order valence-corrected chi connectivity index (χ0v) is 16.2. The van der Waals surface area contributed by atoms with E-state index in [-0.39, 0.29) is 28.1 Å². The van der Waals surface area contributed by atoms with Gasteiger partial charge in [0, 0.05) is 23.0 Å². The smallest absolute Gasteiger partial charge is 0.508 e. The number of rotatable bonds is 4. The number of phenols is 1. The van der Waals surface area contributed by atoms with E-state index in [1.54, 1.807) is 11.4 Å². The molecule has 0 atom stereocenters. The Kier molecular flexibility index (Phi) is 5.34. The molecule has 0 fully saturated rings. The molecular formula is C20H12F3N3O4S. The van der Waals surface area contributed by atoms with Gasteiger partial charge in [0.15, 0.2) is 5.13 Å². The molecule has 158 valence electrons. The van der Waals surface area contributed by atoms with Crippen molar-refractivity contribution in [1.82, 2.24) is 4.98 Å². The Labute approximate surface area is 176 Å². The molecule has 31 heavy (non-hydrogen) atoms. The maximum Gasteiger partial charge on any atom is 0.573 e. The molecule has 11 heteroatoms. The van der Waals surface area contributed by atoms with Gasteiger partial charge in [0.1, 0.15) is 22.6 Å². The number of alkyl halides is 3. The van der Waals surface area contributed by atoms with Crippen LogP contribution in [0.4, 0.5) is 24.0 Å². The van der Waals surface area contributed by atoms with Gasteiger partial charge in [-0.05, 0) is 42.5 Å². The minimum absolute atomic E-state index is 0.0455. The van der Waals surface area contributed by atoms with Crippen LogP contribution >= 0.6 is 11.3 Å². The summed E-state index contributed by atoms with van der Waals surface area (Å²) < 4.78 is 46.6. The van der Waals surface area contributed by atoms with Gasteiger partial charge in [-0.1, -0.05) is 0 Å². The van der Waals surface area contributed by atoms with E-state index in [1.807, 2.05) is 0 Å². The number of aromatic nitrogens is 1. The lowest BCUT2D eigenvalue weighted by Gasteiger charge is -2.08. The molecule has 2 aromatic heterocycles. The van der Waals surface area contributed by atoms with Crippen LogP contribution in [0.1, 0.15) is 10.4 Å². The number of carbonyl (C=O) groups is 1. The molecular weight excluding hydrogens is 435 g/mol. The van der Waals surface area contributed by atoms with Gasteiger partial charge < -0.3 is 14.3 Å². The van der Waals surface area contributed by atoms with Crippen LogP contribution in [-0.4, -0.2) is 22.4 Å². The number of carbonyl (C=O) groups excluding carboxylic acids is 1. The third kappa shape index (κ3) is 5.01. The number of nitrogens with one attached hydrogen (secondary N) is 1. The van der Waals surface area contributed by atoms with E-state index in [9.17, 15) is 23.1 Å². The fourth-order valence-electron chi connectivity index (χ4n) is 2.64. The molecule has 2 N–H and O–H groups in total. The summed E-state index contributed by atoms with van der Waals surface area (Å²) >= 11 is 1.22. The first kappa shape index (κ1) is 20.4. The number of anilines is 1. The standard InChI is InChI=1S/C20H12F3N3O4S/c21-20(22,23)30-14-5-2-12(3-6-14)25-18-15(17(28)26-19-24-7-8-31-19)9-11-1-4-13(27)10-16(11)29-18/h1-10,27H,(H,24,26,28). The van der Waals surface area contributed by atoms with Crippen molar-refractivity contribution < 1.29 is 32.2 Å². The van der Waals surface area contributed by atoms with Crippen LogP contribution in [0.5, 0.6) is 11.5 Å². The topological polar surface area (TPSA) is 97.0 Å². The quantitative estimate of drug-likeness (QED) is 0.460. The minimum atomic E-state index is -4.81.